The second kappa shape index (κ2) is 7.50. The standard InChI is InChI=1S/C21H19N3O/c1-15-6-8-16(9-7-15)12-18(13-22)21(25)23-11-10-17-14-24-20-5-3-2-4-19(17)20/h2-9,12,14,24H,10-11H2,1H3,(H,23,25)/b18-12-. The number of amides is 1. The van der Waals surface area contributed by atoms with E-state index in [0.29, 0.717) is 13.0 Å². The molecule has 1 amide bonds. The highest BCUT2D eigenvalue weighted by Crippen LogP contribution is 2.17. The second-order valence-electron chi connectivity index (χ2n) is 5.95. The number of nitrogens with one attached hydrogen (secondary N) is 2. The van der Waals surface area contributed by atoms with Crippen LogP contribution in [0.4, 0.5) is 0 Å². The number of benzene rings is 2. The van der Waals surface area contributed by atoms with Crippen LogP contribution in [-0.4, -0.2) is 17.4 Å². The molecule has 0 spiro atoms. The molecule has 0 unspecified atom stereocenters. The minimum Gasteiger partial charge on any atom is -0.361 e. The topological polar surface area (TPSA) is 68.7 Å². The molecular weight excluding hydrogens is 310 g/mol. The first-order valence-electron chi connectivity index (χ1n) is 8.19. The van der Waals surface area contributed by atoms with Crippen molar-refractivity contribution in [2.75, 3.05) is 6.54 Å². The lowest BCUT2D eigenvalue weighted by atomic mass is 10.1. The molecule has 3 rings (SSSR count). The van der Waals surface area contributed by atoms with Gasteiger partial charge < -0.3 is 10.3 Å². The number of nitriles is 1. The Bertz CT molecular complexity index is 959. The Balaban J connectivity index is 1.63. The molecule has 0 bridgehead atoms. The highest BCUT2D eigenvalue weighted by atomic mass is 16.1. The van der Waals surface area contributed by atoms with Gasteiger partial charge in [-0.2, -0.15) is 5.26 Å². The SMILES string of the molecule is Cc1ccc(/C=C(/C#N)C(=O)NCCc2c[nH]c3ccccc23)cc1. The van der Waals surface area contributed by atoms with Crippen molar-refractivity contribution < 1.29 is 4.79 Å². The summed E-state index contributed by atoms with van der Waals surface area (Å²) in [5.41, 5.74) is 4.33. The van der Waals surface area contributed by atoms with Crippen molar-refractivity contribution >= 4 is 22.9 Å². The number of hydrogen-bond donors (Lipinski definition) is 2. The molecule has 4 nitrogen and oxygen atoms in total. The molecule has 0 fully saturated rings. The fourth-order valence-electron chi connectivity index (χ4n) is 2.72. The number of fused-ring (bicyclic) bond motifs is 1. The average Bonchev–Trinajstić information content (AvgIpc) is 3.04. The maximum absolute atomic E-state index is 12.2. The van der Waals surface area contributed by atoms with Gasteiger partial charge in [-0.3, -0.25) is 4.79 Å². The smallest absolute Gasteiger partial charge is 0.261 e. The summed E-state index contributed by atoms with van der Waals surface area (Å²) in [4.78, 5) is 15.4. The van der Waals surface area contributed by atoms with E-state index >= 15 is 0 Å². The number of H-pyrrole nitrogens is 1. The third-order valence-electron chi connectivity index (χ3n) is 4.11. The first-order chi connectivity index (χ1) is 12.2. The lowest BCUT2D eigenvalue weighted by molar-refractivity contribution is -0.117. The Morgan fingerprint density at radius 1 is 1.20 bits per heavy atom. The molecule has 0 aliphatic rings. The van der Waals surface area contributed by atoms with Crippen LogP contribution in [0.3, 0.4) is 0 Å². The van der Waals surface area contributed by atoms with Crippen LogP contribution in [0, 0.1) is 18.3 Å². The molecule has 25 heavy (non-hydrogen) atoms. The summed E-state index contributed by atoms with van der Waals surface area (Å²) in [5, 5.41) is 13.2. The Morgan fingerprint density at radius 2 is 1.96 bits per heavy atom. The highest BCUT2D eigenvalue weighted by molar-refractivity contribution is 6.01. The lowest BCUT2D eigenvalue weighted by Crippen LogP contribution is -2.26. The maximum Gasteiger partial charge on any atom is 0.261 e. The zero-order chi connectivity index (χ0) is 17.6. The van der Waals surface area contributed by atoms with Gasteiger partial charge in [0.1, 0.15) is 11.6 Å². The van der Waals surface area contributed by atoms with Crippen molar-refractivity contribution in [1.82, 2.24) is 10.3 Å². The van der Waals surface area contributed by atoms with Gasteiger partial charge in [-0.25, -0.2) is 0 Å². The number of hydrogen-bond acceptors (Lipinski definition) is 2. The van der Waals surface area contributed by atoms with E-state index in [1.54, 1.807) is 6.08 Å². The fraction of sp³-hybridized carbons (Fsp3) is 0.143. The molecule has 2 N–H and O–H groups in total. The summed E-state index contributed by atoms with van der Waals surface area (Å²) in [6.45, 7) is 2.48. The highest BCUT2D eigenvalue weighted by Gasteiger charge is 2.09. The Hall–Kier alpha value is -3.32. The van der Waals surface area contributed by atoms with E-state index in [9.17, 15) is 10.1 Å². The van der Waals surface area contributed by atoms with Crippen LogP contribution in [0.1, 0.15) is 16.7 Å². The zero-order valence-electron chi connectivity index (χ0n) is 14.0. The molecule has 124 valence electrons. The van der Waals surface area contributed by atoms with Crippen LogP contribution in [-0.2, 0) is 11.2 Å². The van der Waals surface area contributed by atoms with Gasteiger partial charge in [-0.05, 0) is 36.6 Å². The molecule has 0 radical (unpaired) electrons. The molecule has 0 aliphatic heterocycles. The molecule has 1 heterocycles. The minimum atomic E-state index is -0.345. The predicted molar refractivity (Wildman–Crippen MR) is 99.8 cm³/mol. The number of aryl methyl sites for hydroxylation is 1. The van der Waals surface area contributed by atoms with Crippen molar-refractivity contribution in [1.29, 1.82) is 5.26 Å². The van der Waals surface area contributed by atoms with Crippen molar-refractivity contribution in [2.45, 2.75) is 13.3 Å². The number of rotatable bonds is 5. The number of aromatic amines is 1. The third kappa shape index (κ3) is 3.96. The molecular formula is C21H19N3O. The number of para-hydroxylation sites is 1. The molecule has 4 heteroatoms. The normalized spacial score (nSPS) is 11.3. The van der Waals surface area contributed by atoms with Crippen LogP contribution in [0.2, 0.25) is 0 Å². The van der Waals surface area contributed by atoms with Crippen molar-refractivity contribution in [3.63, 3.8) is 0 Å². The quantitative estimate of drug-likeness (QED) is 0.553. The summed E-state index contributed by atoms with van der Waals surface area (Å²) in [6.07, 6.45) is 4.28. The maximum atomic E-state index is 12.2. The van der Waals surface area contributed by atoms with Gasteiger partial charge in [-0.15, -0.1) is 0 Å². The van der Waals surface area contributed by atoms with E-state index in [1.165, 1.54) is 0 Å². The second-order valence-corrected chi connectivity index (χ2v) is 5.95. The van der Waals surface area contributed by atoms with Crippen LogP contribution in [0.25, 0.3) is 17.0 Å². The number of carbonyl (C=O) groups is 1. The Labute approximate surface area is 146 Å². The molecule has 3 aromatic rings. The van der Waals surface area contributed by atoms with Crippen LogP contribution in [0.5, 0.6) is 0 Å². The van der Waals surface area contributed by atoms with Gasteiger partial charge in [0, 0.05) is 23.6 Å². The molecule has 0 aliphatic carbocycles. The lowest BCUT2D eigenvalue weighted by Gasteiger charge is -2.04. The van der Waals surface area contributed by atoms with Gasteiger partial charge in [-0.1, -0.05) is 48.0 Å². The monoisotopic (exact) mass is 329 g/mol. The summed E-state index contributed by atoms with van der Waals surface area (Å²) < 4.78 is 0. The fourth-order valence-corrected chi connectivity index (χ4v) is 2.72. The Morgan fingerprint density at radius 3 is 2.72 bits per heavy atom. The molecule has 0 saturated heterocycles. The van der Waals surface area contributed by atoms with Crippen molar-refractivity contribution in [3.05, 3.63) is 77.0 Å². The van der Waals surface area contributed by atoms with E-state index in [4.69, 9.17) is 0 Å². The number of aromatic nitrogens is 1. The molecule has 2 aromatic carbocycles. The zero-order valence-corrected chi connectivity index (χ0v) is 14.0. The van der Waals surface area contributed by atoms with Gasteiger partial charge >= 0.3 is 0 Å². The van der Waals surface area contributed by atoms with E-state index in [-0.39, 0.29) is 11.5 Å². The number of nitrogens with zero attached hydrogens (tertiary/aromatic N) is 1. The summed E-state index contributed by atoms with van der Waals surface area (Å²) in [7, 11) is 0. The van der Waals surface area contributed by atoms with Crippen molar-refractivity contribution in [2.24, 2.45) is 0 Å². The Kier molecular flexibility index (Phi) is 4.96. The average molecular weight is 329 g/mol. The summed E-state index contributed by atoms with van der Waals surface area (Å²) in [6, 6.07) is 17.7. The van der Waals surface area contributed by atoms with Crippen molar-refractivity contribution in [3.8, 4) is 6.07 Å². The van der Waals surface area contributed by atoms with E-state index in [1.807, 2.05) is 61.7 Å². The van der Waals surface area contributed by atoms with Crippen LogP contribution >= 0.6 is 0 Å². The van der Waals surface area contributed by atoms with E-state index in [0.717, 1.165) is 27.6 Å². The van der Waals surface area contributed by atoms with Gasteiger partial charge in [0.15, 0.2) is 0 Å². The third-order valence-corrected chi connectivity index (χ3v) is 4.11. The van der Waals surface area contributed by atoms with Crippen LogP contribution < -0.4 is 5.32 Å². The molecule has 0 saturated carbocycles. The first-order valence-corrected chi connectivity index (χ1v) is 8.19. The van der Waals surface area contributed by atoms with Gasteiger partial charge in [0.2, 0.25) is 0 Å². The van der Waals surface area contributed by atoms with Gasteiger partial charge in [0.25, 0.3) is 5.91 Å². The summed E-state index contributed by atoms with van der Waals surface area (Å²) >= 11 is 0. The largest absolute Gasteiger partial charge is 0.361 e. The molecule has 1 aromatic heterocycles. The first kappa shape index (κ1) is 16.5. The summed E-state index contributed by atoms with van der Waals surface area (Å²) in [5.74, 6) is -0.345. The van der Waals surface area contributed by atoms with Gasteiger partial charge in [0.05, 0.1) is 0 Å². The minimum absolute atomic E-state index is 0.114. The van der Waals surface area contributed by atoms with Crippen LogP contribution in [0.15, 0.2) is 60.3 Å². The van der Waals surface area contributed by atoms with E-state index < -0.39 is 0 Å². The number of carbonyl (C=O) groups excluding carboxylic acids is 1. The molecule has 0 atom stereocenters. The van der Waals surface area contributed by atoms with E-state index in [2.05, 4.69) is 16.4 Å². The predicted octanol–water partition coefficient (Wildman–Crippen LogP) is 3.74.